The van der Waals surface area contributed by atoms with Crippen LogP contribution in [0.3, 0.4) is 0 Å². The van der Waals surface area contributed by atoms with Gasteiger partial charge < -0.3 is 5.73 Å². The number of dihydropyridines is 1. The first-order valence-electron chi connectivity index (χ1n) is 9.67. The molecule has 2 N–H and O–H groups in total. The van der Waals surface area contributed by atoms with Crippen LogP contribution in [-0.2, 0) is 12.1 Å². The van der Waals surface area contributed by atoms with E-state index < -0.39 is 11.8 Å². The zero-order chi connectivity index (χ0) is 19.6. The van der Waals surface area contributed by atoms with Gasteiger partial charge in [-0.25, -0.2) is 9.37 Å². The van der Waals surface area contributed by atoms with E-state index in [2.05, 4.69) is 55.1 Å². The molecule has 4 rings (SSSR count). The molecule has 0 spiro atoms. The minimum Gasteiger partial charge on any atom is -0.314 e. The lowest BCUT2D eigenvalue weighted by Crippen LogP contribution is -2.45. The van der Waals surface area contributed by atoms with E-state index in [1.54, 1.807) is 30.6 Å². The van der Waals surface area contributed by atoms with Gasteiger partial charge in [0.05, 0.1) is 0 Å². The van der Waals surface area contributed by atoms with Crippen LogP contribution in [0, 0.1) is 0 Å². The standard InChI is InChI=1S/C22H24BrFN4/c23-20-12-19(8-9-26-20)22(25)13-18(14-27-21(22)24)17-6-4-16(5-7-17)15-28-10-2-1-3-11-28/h4-9,12-14,21H,1-3,10-11,15,25H2. The minimum absolute atomic E-state index is 0.619. The molecule has 146 valence electrons. The average Bonchev–Trinajstić information content (AvgIpc) is 2.71. The molecule has 2 atom stereocenters. The molecule has 2 aliphatic rings. The highest BCUT2D eigenvalue weighted by Crippen LogP contribution is 2.34. The predicted octanol–water partition coefficient (Wildman–Crippen LogP) is 4.45. The number of piperidine rings is 1. The Morgan fingerprint density at radius 2 is 1.89 bits per heavy atom. The minimum atomic E-state index is -1.54. The number of likely N-dealkylation sites (tertiary alicyclic amines) is 1. The maximum atomic E-state index is 14.7. The molecule has 6 heteroatoms. The highest BCUT2D eigenvalue weighted by atomic mass is 79.9. The summed E-state index contributed by atoms with van der Waals surface area (Å²) in [6.45, 7) is 3.33. The molecule has 1 fully saturated rings. The fourth-order valence-corrected chi connectivity index (χ4v) is 4.23. The van der Waals surface area contributed by atoms with Gasteiger partial charge in [0.2, 0.25) is 6.30 Å². The van der Waals surface area contributed by atoms with E-state index in [4.69, 9.17) is 5.73 Å². The summed E-state index contributed by atoms with van der Waals surface area (Å²) in [4.78, 5) is 10.6. The second-order valence-electron chi connectivity index (χ2n) is 7.55. The Morgan fingerprint density at radius 1 is 1.14 bits per heavy atom. The van der Waals surface area contributed by atoms with Gasteiger partial charge in [-0.2, -0.15) is 0 Å². The Morgan fingerprint density at radius 3 is 2.61 bits per heavy atom. The van der Waals surface area contributed by atoms with E-state index in [-0.39, 0.29) is 0 Å². The van der Waals surface area contributed by atoms with E-state index in [0.29, 0.717) is 10.2 Å². The summed E-state index contributed by atoms with van der Waals surface area (Å²) in [6, 6.07) is 11.9. The summed E-state index contributed by atoms with van der Waals surface area (Å²) in [7, 11) is 0. The van der Waals surface area contributed by atoms with E-state index in [1.807, 2.05) is 0 Å². The molecular formula is C22H24BrFN4. The van der Waals surface area contributed by atoms with Crippen molar-refractivity contribution in [2.75, 3.05) is 13.1 Å². The zero-order valence-corrected chi connectivity index (χ0v) is 17.3. The molecule has 1 aromatic heterocycles. The Bertz CT molecular complexity index is 890. The largest absolute Gasteiger partial charge is 0.314 e. The third kappa shape index (κ3) is 4.09. The monoisotopic (exact) mass is 442 g/mol. The summed E-state index contributed by atoms with van der Waals surface area (Å²) in [5.74, 6) is 0. The maximum absolute atomic E-state index is 14.7. The SMILES string of the molecule is NC1(c2ccnc(Br)c2)C=C(c2ccc(CN3CCCCC3)cc2)C=NC1F. The number of alkyl halides is 1. The molecule has 1 aromatic carbocycles. The van der Waals surface area contributed by atoms with Crippen molar-refractivity contribution in [2.45, 2.75) is 37.6 Å². The van der Waals surface area contributed by atoms with Crippen LogP contribution in [0.5, 0.6) is 0 Å². The lowest BCUT2D eigenvalue weighted by atomic mass is 9.85. The van der Waals surface area contributed by atoms with E-state index >= 15 is 0 Å². The van der Waals surface area contributed by atoms with Crippen molar-refractivity contribution in [3.05, 3.63) is 70.0 Å². The van der Waals surface area contributed by atoms with Crippen LogP contribution in [0.25, 0.3) is 5.57 Å². The number of nitrogens with zero attached hydrogens (tertiary/aromatic N) is 3. The number of hydrogen-bond donors (Lipinski definition) is 1. The van der Waals surface area contributed by atoms with Gasteiger partial charge in [0, 0.05) is 19.0 Å². The van der Waals surface area contributed by atoms with Gasteiger partial charge in [-0.3, -0.25) is 9.89 Å². The van der Waals surface area contributed by atoms with Crippen LogP contribution < -0.4 is 5.73 Å². The zero-order valence-electron chi connectivity index (χ0n) is 15.7. The molecule has 0 bridgehead atoms. The average molecular weight is 443 g/mol. The Kier molecular flexibility index (Phi) is 5.71. The molecule has 3 heterocycles. The highest BCUT2D eigenvalue weighted by molar-refractivity contribution is 9.10. The van der Waals surface area contributed by atoms with Crippen LogP contribution in [-0.4, -0.2) is 35.5 Å². The first kappa shape index (κ1) is 19.4. The third-order valence-electron chi connectivity index (χ3n) is 5.50. The van der Waals surface area contributed by atoms with Gasteiger partial charge in [-0.15, -0.1) is 0 Å². The lowest BCUT2D eigenvalue weighted by Gasteiger charge is -2.31. The number of hydrogen-bond acceptors (Lipinski definition) is 4. The number of halogens is 2. The molecule has 28 heavy (non-hydrogen) atoms. The molecule has 2 unspecified atom stereocenters. The number of pyridine rings is 1. The molecule has 0 amide bonds. The molecule has 0 saturated carbocycles. The van der Waals surface area contributed by atoms with Gasteiger partial charge in [0.25, 0.3) is 0 Å². The first-order valence-corrected chi connectivity index (χ1v) is 10.5. The molecule has 0 radical (unpaired) electrons. The summed E-state index contributed by atoms with van der Waals surface area (Å²) in [5.41, 5.74) is 8.88. The Balaban J connectivity index is 1.57. The van der Waals surface area contributed by atoms with E-state index in [9.17, 15) is 4.39 Å². The number of aliphatic imine (C=N–C) groups is 1. The van der Waals surface area contributed by atoms with Gasteiger partial charge in [0.15, 0.2) is 0 Å². The number of rotatable bonds is 4. The van der Waals surface area contributed by atoms with Crippen molar-refractivity contribution in [3.8, 4) is 0 Å². The van der Waals surface area contributed by atoms with Crippen LogP contribution in [0.15, 0.2) is 58.3 Å². The quantitative estimate of drug-likeness (QED) is 0.561. The summed E-state index contributed by atoms with van der Waals surface area (Å²) < 4.78 is 15.3. The fraction of sp³-hybridized carbons (Fsp3) is 0.364. The van der Waals surface area contributed by atoms with Gasteiger partial charge >= 0.3 is 0 Å². The number of allylic oxidation sites excluding steroid dienone is 1. The smallest absolute Gasteiger partial charge is 0.215 e. The van der Waals surface area contributed by atoms with Crippen LogP contribution in [0.4, 0.5) is 4.39 Å². The van der Waals surface area contributed by atoms with Crippen molar-refractivity contribution in [3.63, 3.8) is 0 Å². The normalized spacial score (nSPS) is 25.5. The Hall–Kier alpha value is -1.89. The van der Waals surface area contributed by atoms with Crippen molar-refractivity contribution in [1.29, 1.82) is 0 Å². The van der Waals surface area contributed by atoms with Gasteiger partial charge in [-0.1, -0.05) is 30.7 Å². The second kappa shape index (κ2) is 8.23. The van der Waals surface area contributed by atoms with Crippen molar-refractivity contribution in [2.24, 2.45) is 10.7 Å². The summed E-state index contributed by atoms with van der Waals surface area (Å²) >= 11 is 3.33. The summed E-state index contributed by atoms with van der Waals surface area (Å²) in [5, 5.41) is 0. The van der Waals surface area contributed by atoms with Gasteiger partial charge in [-0.05, 0) is 82.3 Å². The number of nitrogens with two attached hydrogens (primary N) is 1. The Labute approximate surface area is 173 Å². The first-order chi connectivity index (χ1) is 13.5. The van der Waals surface area contributed by atoms with Crippen LogP contribution >= 0.6 is 15.9 Å². The lowest BCUT2D eigenvalue weighted by molar-refractivity contribution is 0.221. The van der Waals surface area contributed by atoms with Gasteiger partial charge in [0.1, 0.15) is 10.1 Å². The molecule has 2 aliphatic heterocycles. The van der Waals surface area contributed by atoms with Crippen molar-refractivity contribution >= 4 is 27.7 Å². The van der Waals surface area contributed by atoms with Crippen molar-refractivity contribution < 1.29 is 4.39 Å². The van der Waals surface area contributed by atoms with Crippen molar-refractivity contribution in [1.82, 2.24) is 9.88 Å². The number of benzene rings is 1. The molecule has 1 saturated heterocycles. The topological polar surface area (TPSA) is 54.5 Å². The molecular weight excluding hydrogens is 419 g/mol. The second-order valence-corrected chi connectivity index (χ2v) is 8.36. The molecule has 4 nitrogen and oxygen atoms in total. The summed E-state index contributed by atoms with van der Waals surface area (Å²) in [6.07, 6.45) is 7.34. The van der Waals surface area contributed by atoms with Crippen LogP contribution in [0.1, 0.15) is 36.0 Å². The highest BCUT2D eigenvalue weighted by Gasteiger charge is 2.37. The van der Waals surface area contributed by atoms with Crippen LogP contribution in [0.2, 0.25) is 0 Å². The molecule has 0 aliphatic carbocycles. The number of aromatic nitrogens is 1. The maximum Gasteiger partial charge on any atom is 0.215 e. The third-order valence-corrected chi connectivity index (χ3v) is 5.94. The predicted molar refractivity (Wildman–Crippen MR) is 115 cm³/mol. The fourth-order valence-electron chi connectivity index (χ4n) is 3.86. The molecule has 2 aromatic rings. The van der Waals surface area contributed by atoms with E-state index in [1.165, 1.54) is 37.9 Å². The van der Waals surface area contributed by atoms with E-state index in [0.717, 1.165) is 17.7 Å².